The van der Waals surface area contributed by atoms with E-state index in [1.54, 1.807) is 18.3 Å². The first-order chi connectivity index (χ1) is 11.6. The third-order valence-electron chi connectivity index (χ3n) is 3.04. The Hall–Kier alpha value is -2.53. The Balaban J connectivity index is 2.12. The zero-order chi connectivity index (χ0) is 17.4. The zero-order valence-electron chi connectivity index (χ0n) is 13.6. The first kappa shape index (κ1) is 17.8. The predicted molar refractivity (Wildman–Crippen MR) is 94.8 cm³/mol. The van der Waals surface area contributed by atoms with Crippen molar-refractivity contribution in [3.8, 4) is 11.5 Å². The van der Waals surface area contributed by atoms with E-state index in [-0.39, 0.29) is 5.91 Å². The Labute approximate surface area is 146 Å². The molecule has 0 atom stereocenters. The number of hydrazone groups is 1. The summed E-state index contributed by atoms with van der Waals surface area (Å²) in [6, 6.07) is 13.0. The summed E-state index contributed by atoms with van der Waals surface area (Å²) in [5.41, 5.74) is 4.05. The van der Waals surface area contributed by atoms with Crippen LogP contribution in [0.2, 0.25) is 5.02 Å². The maximum atomic E-state index is 10.8. The van der Waals surface area contributed by atoms with E-state index in [4.69, 9.17) is 21.1 Å². The lowest BCUT2D eigenvalue weighted by Crippen LogP contribution is -2.12. The summed E-state index contributed by atoms with van der Waals surface area (Å²) in [7, 11) is 0. The molecule has 0 aliphatic carbocycles. The van der Waals surface area contributed by atoms with Gasteiger partial charge in [-0.2, -0.15) is 5.10 Å². The number of amides is 1. The average Bonchev–Trinajstić information content (AvgIpc) is 2.55. The van der Waals surface area contributed by atoms with Gasteiger partial charge >= 0.3 is 0 Å². The number of carbonyl (C=O) groups is 1. The first-order valence-corrected chi connectivity index (χ1v) is 7.90. The van der Waals surface area contributed by atoms with Crippen LogP contribution >= 0.6 is 11.6 Å². The molecule has 0 radical (unpaired) electrons. The molecule has 1 amide bonds. The molecule has 2 aromatic rings. The molecule has 2 aromatic carbocycles. The number of ether oxygens (including phenoxy) is 2. The standard InChI is InChI=1S/C18H19ClN2O3/c1-3-23-18-10-14(11-20-21-13(2)22)8-9-17(18)24-12-15-6-4-5-7-16(15)19/h4-11H,3,12H2,1-2H3,(H,21,22)/b20-11-. The molecule has 2 rings (SSSR count). The molecule has 6 heteroatoms. The van der Waals surface area contributed by atoms with Crippen molar-refractivity contribution in [1.82, 2.24) is 5.43 Å². The van der Waals surface area contributed by atoms with Crippen molar-refractivity contribution in [2.75, 3.05) is 6.61 Å². The molecule has 126 valence electrons. The van der Waals surface area contributed by atoms with Gasteiger partial charge in [-0.25, -0.2) is 5.43 Å². The van der Waals surface area contributed by atoms with Crippen LogP contribution in [0.1, 0.15) is 25.0 Å². The van der Waals surface area contributed by atoms with Gasteiger partial charge in [-0.05, 0) is 36.8 Å². The van der Waals surface area contributed by atoms with E-state index in [9.17, 15) is 4.79 Å². The van der Waals surface area contributed by atoms with Crippen LogP contribution in [0, 0.1) is 0 Å². The van der Waals surface area contributed by atoms with Crippen molar-refractivity contribution in [3.05, 3.63) is 58.6 Å². The highest BCUT2D eigenvalue weighted by molar-refractivity contribution is 6.31. The molecule has 0 bridgehead atoms. The van der Waals surface area contributed by atoms with E-state index < -0.39 is 0 Å². The van der Waals surface area contributed by atoms with Crippen LogP contribution in [-0.2, 0) is 11.4 Å². The molecule has 0 aromatic heterocycles. The molecule has 24 heavy (non-hydrogen) atoms. The zero-order valence-corrected chi connectivity index (χ0v) is 14.3. The second-order valence-electron chi connectivity index (χ2n) is 4.95. The summed E-state index contributed by atoms with van der Waals surface area (Å²) < 4.78 is 11.4. The Morgan fingerprint density at radius 2 is 2.00 bits per heavy atom. The molecule has 0 unspecified atom stereocenters. The molecule has 0 saturated heterocycles. The maximum absolute atomic E-state index is 10.8. The van der Waals surface area contributed by atoms with Crippen molar-refractivity contribution in [3.63, 3.8) is 0 Å². The van der Waals surface area contributed by atoms with Gasteiger partial charge in [-0.1, -0.05) is 29.8 Å². The van der Waals surface area contributed by atoms with Crippen molar-refractivity contribution < 1.29 is 14.3 Å². The number of carbonyl (C=O) groups excluding carboxylic acids is 1. The predicted octanol–water partition coefficient (Wildman–Crippen LogP) is 3.79. The number of benzene rings is 2. The van der Waals surface area contributed by atoms with Gasteiger partial charge in [0, 0.05) is 17.5 Å². The van der Waals surface area contributed by atoms with Gasteiger partial charge in [-0.3, -0.25) is 4.79 Å². The normalized spacial score (nSPS) is 10.6. The Morgan fingerprint density at radius 3 is 2.71 bits per heavy atom. The highest BCUT2D eigenvalue weighted by Gasteiger charge is 2.07. The van der Waals surface area contributed by atoms with E-state index in [1.807, 2.05) is 37.3 Å². The minimum Gasteiger partial charge on any atom is -0.490 e. The van der Waals surface area contributed by atoms with Crippen molar-refractivity contribution in [1.29, 1.82) is 0 Å². The largest absolute Gasteiger partial charge is 0.490 e. The van der Waals surface area contributed by atoms with Gasteiger partial charge in [0.1, 0.15) is 6.61 Å². The number of halogens is 1. The molecule has 0 spiro atoms. The quantitative estimate of drug-likeness (QED) is 0.613. The Bertz CT molecular complexity index is 732. The minimum atomic E-state index is -0.226. The lowest BCUT2D eigenvalue weighted by atomic mass is 10.2. The summed E-state index contributed by atoms with van der Waals surface area (Å²) in [6.45, 7) is 4.15. The van der Waals surface area contributed by atoms with E-state index in [1.165, 1.54) is 6.92 Å². The molecule has 0 aliphatic heterocycles. The number of nitrogens with zero attached hydrogens (tertiary/aromatic N) is 1. The topological polar surface area (TPSA) is 59.9 Å². The molecular weight excluding hydrogens is 328 g/mol. The van der Waals surface area contributed by atoms with Crippen LogP contribution in [0.15, 0.2) is 47.6 Å². The van der Waals surface area contributed by atoms with Crippen molar-refractivity contribution in [2.45, 2.75) is 20.5 Å². The fraction of sp³-hybridized carbons (Fsp3) is 0.222. The molecule has 0 saturated carbocycles. The summed E-state index contributed by atoms with van der Waals surface area (Å²) in [5.74, 6) is 1.00. The van der Waals surface area contributed by atoms with Gasteiger partial charge in [0.05, 0.1) is 12.8 Å². The molecule has 0 aliphatic rings. The lowest BCUT2D eigenvalue weighted by molar-refractivity contribution is -0.118. The smallest absolute Gasteiger partial charge is 0.236 e. The molecule has 5 nitrogen and oxygen atoms in total. The van der Waals surface area contributed by atoms with Crippen molar-refractivity contribution >= 4 is 23.7 Å². The van der Waals surface area contributed by atoms with Crippen LogP contribution in [0.25, 0.3) is 0 Å². The lowest BCUT2D eigenvalue weighted by Gasteiger charge is -2.13. The number of rotatable bonds is 7. The maximum Gasteiger partial charge on any atom is 0.236 e. The minimum absolute atomic E-state index is 0.226. The van der Waals surface area contributed by atoms with Gasteiger partial charge in [0.2, 0.25) is 5.91 Å². The van der Waals surface area contributed by atoms with Crippen molar-refractivity contribution in [2.24, 2.45) is 5.10 Å². The number of hydrogen-bond donors (Lipinski definition) is 1. The average molecular weight is 347 g/mol. The van der Waals surface area contributed by atoms with E-state index >= 15 is 0 Å². The fourth-order valence-electron chi connectivity index (χ4n) is 1.96. The van der Waals surface area contributed by atoms with Crippen LogP contribution in [0.4, 0.5) is 0 Å². The first-order valence-electron chi connectivity index (χ1n) is 7.53. The van der Waals surface area contributed by atoms with Gasteiger partial charge in [0.15, 0.2) is 11.5 Å². The summed E-state index contributed by atoms with van der Waals surface area (Å²) in [5, 5.41) is 4.50. The molecule has 0 heterocycles. The molecular formula is C18H19ClN2O3. The summed E-state index contributed by atoms with van der Waals surface area (Å²) in [6.07, 6.45) is 1.54. The molecule has 0 fully saturated rings. The monoisotopic (exact) mass is 346 g/mol. The highest BCUT2D eigenvalue weighted by Crippen LogP contribution is 2.29. The third-order valence-corrected chi connectivity index (χ3v) is 3.41. The van der Waals surface area contributed by atoms with Gasteiger partial charge < -0.3 is 9.47 Å². The summed E-state index contributed by atoms with van der Waals surface area (Å²) >= 11 is 6.14. The van der Waals surface area contributed by atoms with Crippen LogP contribution in [0.3, 0.4) is 0 Å². The number of hydrogen-bond acceptors (Lipinski definition) is 4. The van der Waals surface area contributed by atoms with E-state index in [2.05, 4.69) is 10.5 Å². The van der Waals surface area contributed by atoms with Gasteiger partial charge in [0.25, 0.3) is 0 Å². The van der Waals surface area contributed by atoms with Gasteiger partial charge in [-0.15, -0.1) is 0 Å². The van der Waals surface area contributed by atoms with Crippen LogP contribution in [0.5, 0.6) is 11.5 Å². The summed E-state index contributed by atoms with van der Waals surface area (Å²) in [4.78, 5) is 10.8. The second kappa shape index (κ2) is 8.93. The van der Waals surface area contributed by atoms with Crippen LogP contribution < -0.4 is 14.9 Å². The highest BCUT2D eigenvalue weighted by atomic mass is 35.5. The number of nitrogens with one attached hydrogen (secondary N) is 1. The molecule has 1 N–H and O–H groups in total. The third kappa shape index (κ3) is 5.28. The Morgan fingerprint density at radius 1 is 1.21 bits per heavy atom. The Kier molecular flexibility index (Phi) is 6.63. The second-order valence-corrected chi connectivity index (χ2v) is 5.35. The SMILES string of the molecule is CCOc1cc(/C=N\NC(C)=O)ccc1OCc1ccccc1Cl. The van der Waals surface area contributed by atoms with E-state index in [0.717, 1.165) is 11.1 Å². The fourth-order valence-corrected chi connectivity index (χ4v) is 2.15. The van der Waals surface area contributed by atoms with E-state index in [0.29, 0.717) is 29.7 Å². The van der Waals surface area contributed by atoms with Crippen LogP contribution in [-0.4, -0.2) is 18.7 Å².